The summed E-state index contributed by atoms with van der Waals surface area (Å²) in [7, 11) is 0. The molecule has 2 N–H and O–H groups in total. The Kier molecular flexibility index (Phi) is 7.69. The Bertz CT molecular complexity index is 822. The number of halogens is 2. The predicted molar refractivity (Wildman–Crippen MR) is 119 cm³/mol. The number of thiophene rings is 1. The summed E-state index contributed by atoms with van der Waals surface area (Å²) in [5, 5.41) is 8.35. The lowest BCUT2D eigenvalue weighted by Gasteiger charge is -2.34. The Morgan fingerprint density at radius 3 is 2.63 bits per heavy atom. The van der Waals surface area contributed by atoms with Crippen molar-refractivity contribution in [1.82, 2.24) is 15.5 Å². The molecule has 7 heteroatoms. The lowest BCUT2D eigenvalue weighted by molar-refractivity contribution is 0.0666. The lowest BCUT2D eigenvalue weighted by Crippen LogP contribution is -2.38. The normalized spacial score (nSPS) is 19.6. The summed E-state index contributed by atoms with van der Waals surface area (Å²) < 4.78 is 25.2. The standard InChI is InChI=1S/C23H33F2N3OS/c1-14-9-15(2)26-10-19(14)11-27-23(29)20-13-30-22(17(20)4)16(3)18-5-7-28(8-6-18)12-21(24)25/h9,13,16,18,21,26H,5-8,10-12H2,1-4H3,(H,27,29). The van der Waals surface area contributed by atoms with Gasteiger partial charge in [-0.2, -0.15) is 0 Å². The minimum Gasteiger partial charge on any atom is -0.385 e. The molecular formula is C23H33F2N3OS. The van der Waals surface area contributed by atoms with Gasteiger partial charge in [0, 0.05) is 29.0 Å². The third-order valence-electron chi connectivity index (χ3n) is 6.50. The molecule has 1 aromatic rings. The predicted octanol–water partition coefficient (Wildman–Crippen LogP) is 4.69. The average molecular weight is 438 g/mol. The van der Waals surface area contributed by atoms with Crippen molar-refractivity contribution in [2.45, 2.75) is 52.9 Å². The van der Waals surface area contributed by atoms with E-state index in [1.165, 1.54) is 16.0 Å². The Hall–Kier alpha value is -1.73. The fraction of sp³-hybridized carbons (Fsp3) is 0.609. The van der Waals surface area contributed by atoms with Crippen LogP contribution in [0.5, 0.6) is 0 Å². The molecule has 1 atom stereocenters. The molecule has 166 valence electrons. The van der Waals surface area contributed by atoms with Crippen molar-refractivity contribution < 1.29 is 13.6 Å². The maximum absolute atomic E-state index is 12.8. The van der Waals surface area contributed by atoms with Crippen LogP contribution in [-0.2, 0) is 0 Å². The van der Waals surface area contributed by atoms with E-state index < -0.39 is 6.43 Å². The van der Waals surface area contributed by atoms with E-state index >= 15 is 0 Å². The number of rotatable bonds is 7. The maximum Gasteiger partial charge on any atom is 0.252 e. The molecule has 2 aliphatic heterocycles. The number of piperidine rings is 1. The van der Waals surface area contributed by atoms with Gasteiger partial charge in [-0.3, -0.25) is 9.69 Å². The number of likely N-dealkylation sites (tertiary alicyclic amines) is 1. The molecule has 0 saturated carbocycles. The van der Waals surface area contributed by atoms with Gasteiger partial charge in [0.15, 0.2) is 0 Å². The molecule has 1 amide bonds. The second-order valence-corrected chi connectivity index (χ2v) is 9.52. The Morgan fingerprint density at radius 1 is 1.30 bits per heavy atom. The Morgan fingerprint density at radius 2 is 2.00 bits per heavy atom. The molecule has 4 nitrogen and oxygen atoms in total. The monoisotopic (exact) mass is 437 g/mol. The number of carbonyl (C=O) groups excluding carboxylic acids is 1. The average Bonchev–Trinajstić information content (AvgIpc) is 3.08. The summed E-state index contributed by atoms with van der Waals surface area (Å²) in [4.78, 5) is 15.9. The zero-order chi connectivity index (χ0) is 21.8. The van der Waals surface area contributed by atoms with E-state index in [2.05, 4.69) is 30.6 Å². The van der Waals surface area contributed by atoms with Gasteiger partial charge in [-0.1, -0.05) is 6.92 Å². The van der Waals surface area contributed by atoms with Crippen LogP contribution in [0.25, 0.3) is 0 Å². The van der Waals surface area contributed by atoms with Crippen LogP contribution in [0.2, 0.25) is 0 Å². The first-order chi connectivity index (χ1) is 14.3. The Labute approximate surface area is 182 Å². The first-order valence-electron chi connectivity index (χ1n) is 10.7. The molecule has 1 saturated heterocycles. The molecule has 1 fully saturated rings. The molecule has 2 aliphatic rings. The topological polar surface area (TPSA) is 44.4 Å². The van der Waals surface area contributed by atoms with Crippen molar-refractivity contribution in [3.8, 4) is 0 Å². The van der Waals surface area contributed by atoms with E-state index in [0.717, 1.165) is 49.3 Å². The van der Waals surface area contributed by atoms with Crippen LogP contribution in [-0.4, -0.2) is 50.0 Å². The minimum absolute atomic E-state index is 0.0273. The summed E-state index contributed by atoms with van der Waals surface area (Å²) in [5.74, 6) is 0.787. The van der Waals surface area contributed by atoms with Gasteiger partial charge < -0.3 is 10.6 Å². The molecule has 3 rings (SSSR count). The van der Waals surface area contributed by atoms with Crippen molar-refractivity contribution in [3.63, 3.8) is 0 Å². The van der Waals surface area contributed by atoms with E-state index in [1.54, 1.807) is 11.3 Å². The van der Waals surface area contributed by atoms with Crippen LogP contribution in [0.4, 0.5) is 8.78 Å². The second-order valence-electron chi connectivity index (χ2n) is 8.61. The number of carbonyl (C=O) groups is 1. The fourth-order valence-corrected chi connectivity index (χ4v) is 5.72. The zero-order valence-corrected chi connectivity index (χ0v) is 19.2. The molecule has 0 radical (unpaired) electrons. The zero-order valence-electron chi connectivity index (χ0n) is 18.4. The maximum atomic E-state index is 12.8. The molecule has 3 heterocycles. The van der Waals surface area contributed by atoms with Crippen molar-refractivity contribution in [2.24, 2.45) is 5.92 Å². The van der Waals surface area contributed by atoms with Gasteiger partial charge in [-0.15, -0.1) is 11.3 Å². The van der Waals surface area contributed by atoms with Gasteiger partial charge in [-0.25, -0.2) is 8.78 Å². The number of amides is 1. The highest BCUT2D eigenvalue weighted by atomic mass is 32.1. The Balaban J connectivity index is 1.59. The third kappa shape index (κ3) is 5.49. The number of nitrogens with zero attached hydrogens (tertiary/aromatic N) is 1. The van der Waals surface area contributed by atoms with E-state index in [-0.39, 0.29) is 12.5 Å². The quantitative estimate of drug-likeness (QED) is 0.650. The SMILES string of the molecule is CC1=CC(C)=C(CNC(=O)c2csc(C(C)C3CCN(CC(F)F)CC3)c2C)CN1. The van der Waals surface area contributed by atoms with Gasteiger partial charge in [-0.05, 0) is 81.3 Å². The molecule has 1 unspecified atom stereocenters. The highest BCUT2D eigenvalue weighted by Gasteiger charge is 2.28. The highest BCUT2D eigenvalue weighted by Crippen LogP contribution is 2.38. The van der Waals surface area contributed by atoms with Crippen LogP contribution in [0.1, 0.15) is 60.3 Å². The van der Waals surface area contributed by atoms with Gasteiger partial charge in [0.25, 0.3) is 12.3 Å². The number of dihydropyridines is 1. The van der Waals surface area contributed by atoms with E-state index in [4.69, 9.17) is 0 Å². The van der Waals surface area contributed by atoms with Crippen LogP contribution in [0, 0.1) is 12.8 Å². The summed E-state index contributed by atoms with van der Waals surface area (Å²) in [5.41, 5.74) is 5.37. The van der Waals surface area contributed by atoms with Gasteiger partial charge in [0.1, 0.15) is 0 Å². The van der Waals surface area contributed by atoms with Crippen LogP contribution >= 0.6 is 11.3 Å². The van der Waals surface area contributed by atoms with Crippen molar-refractivity contribution in [2.75, 3.05) is 32.7 Å². The molecule has 0 bridgehead atoms. The highest BCUT2D eigenvalue weighted by molar-refractivity contribution is 7.10. The molecule has 1 aromatic heterocycles. The van der Waals surface area contributed by atoms with Crippen LogP contribution < -0.4 is 10.6 Å². The number of nitrogens with one attached hydrogen (secondary N) is 2. The fourth-order valence-electron chi connectivity index (χ4n) is 4.50. The second kappa shape index (κ2) is 10.1. The number of hydrogen-bond acceptors (Lipinski definition) is 4. The van der Waals surface area contributed by atoms with Crippen molar-refractivity contribution >= 4 is 17.2 Å². The van der Waals surface area contributed by atoms with Gasteiger partial charge in [0.2, 0.25) is 0 Å². The number of alkyl halides is 2. The lowest BCUT2D eigenvalue weighted by atomic mass is 9.83. The van der Waals surface area contributed by atoms with Gasteiger partial charge >= 0.3 is 0 Å². The summed E-state index contributed by atoms with van der Waals surface area (Å²) in [6.45, 7) is 11.0. The van der Waals surface area contributed by atoms with Gasteiger partial charge in [0.05, 0.1) is 12.1 Å². The molecule has 0 spiro atoms. The molecule has 30 heavy (non-hydrogen) atoms. The van der Waals surface area contributed by atoms with Crippen LogP contribution in [0.3, 0.4) is 0 Å². The van der Waals surface area contributed by atoms with Crippen molar-refractivity contribution in [1.29, 1.82) is 0 Å². The number of allylic oxidation sites excluding steroid dienone is 3. The summed E-state index contributed by atoms with van der Waals surface area (Å²) >= 11 is 1.65. The molecule has 0 aromatic carbocycles. The largest absolute Gasteiger partial charge is 0.385 e. The summed E-state index contributed by atoms with van der Waals surface area (Å²) in [6.07, 6.45) is 1.71. The first kappa shape index (κ1) is 22.9. The van der Waals surface area contributed by atoms with Crippen molar-refractivity contribution in [3.05, 3.63) is 44.3 Å². The van der Waals surface area contributed by atoms with E-state index in [1.807, 2.05) is 24.1 Å². The molecular weight excluding hydrogens is 404 g/mol. The minimum atomic E-state index is -2.26. The summed E-state index contributed by atoms with van der Waals surface area (Å²) in [6, 6.07) is 0. The van der Waals surface area contributed by atoms with Crippen LogP contribution in [0.15, 0.2) is 28.3 Å². The first-order valence-corrected chi connectivity index (χ1v) is 11.6. The van der Waals surface area contributed by atoms with E-state index in [9.17, 15) is 13.6 Å². The third-order valence-corrected chi connectivity index (χ3v) is 7.79. The number of hydrogen-bond donors (Lipinski definition) is 2. The molecule has 0 aliphatic carbocycles. The van der Waals surface area contributed by atoms with E-state index in [0.29, 0.717) is 18.4 Å². The smallest absolute Gasteiger partial charge is 0.252 e.